The fourth-order valence-electron chi connectivity index (χ4n) is 4.08. The zero-order valence-corrected chi connectivity index (χ0v) is 16.1. The van der Waals surface area contributed by atoms with Gasteiger partial charge in [0.1, 0.15) is 0 Å². The lowest BCUT2D eigenvalue weighted by atomic mass is 9.95. The summed E-state index contributed by atoms with van der Waals surface area (Å²) in [6.45, 7) is 0.662. The van der Waals surface area contributed by atoms with Crippen LogP contribution in [0.4, 0.5) is 5.69 Å². The number of ether oxygens (including phenoxy) is 2. The van der Waals surface area contributed by atoms with Crippen molar-refractivity contribution in [3.05, 3.63) is 48.3 Å². The van der Waals surface area contributed by atoms with Crippen LogP contribution in [0, 0.1) is 0 Å². The van der Waals surface area contributed by atoms with E-state index in [4.69, 9.17) is 9.47 Å². The van der Waals surface area contributed by atoms with Gasteiger partial charge in [0.15, 0.2) is 11.5 Å². The van der Waals surface area contributed by atoms with Crippen LogP contribution in [0.1, 0.15) is 43.7 Å². The van der Waals surface area contributed by atoms with Crippen LogP contribution in [-0.4, -0.2) is 23.8 Å². The maximum absolute atomic E-state index is 5.52. The standard InChI is InChI=1S/C22H27N3O2/c1-26-21-10-6-7-16(22(21)27-2)14-23-17-11-12-20-19(13-17)24-15-25(20)18-8-4-3-5-9-18/h6-7,10-13,15,18,23H,3-5,8-9,14H2,1-2H3. The maximum atomic E-state index is 5.52. The number of aromatic nitrogens is 2. The number of nitrogens with one attached hydrogen (secondary N) is 1. The Morgan fingerprint density at radius 3 is 2.70 bits per heavy atom. The molecule has 1 heterocycles. The van der Waals surface area contributed by atoms with Crippen LogP contribution in [0.3, 0.4) is 0 Å². The van der Waals surface area contributed by atoms with E-state index in [1.807, 2.05) is 24.5 Å². The molecule has 2 aromatic carbocycles. The molecule has 0 amide bonds. The zero-order valence-electron chi connectivity index (χ0n) is 16.1. The second kappa shape index (κ2) is 7.91. The molecule has 1 fully saturated rings. The van der Waals surface area contributed by atoms with Gasteiger partial charge in [-0.2, -0.15) is 0 Å². The van der Waals surface area contributed by atoms with Gasteiger partial charge in [-0.15, -0.1) is 0 Å². The van der Waals surface area contributed by atoms with Crippen molar-refractivity contribution in [2.45, 2.75) is 44.7 Å². The molecule has 142 valence electrons. The van der Waals surface area contributed by atoms with Gasteiger partial charge in [-0.3, -0.25) is 0 Å². The first-order chi connectivity index (χ1) is 13.3. The van der Waals surface area contributed by atoms with Crippen molar-refractivity contribution < 1.29 is 9.47 Å². The normalized spacial score (nSPS) is 15.0. The minimum Gasteiger partial charge on any atom is -0.493 e. The molecule has 0 saturated heterocycles. The molecule has 4 rings (SSSR count). The van der Waals surface area contributed by atoms with E-state index < -0.39 is 0 Å². The van der Waals surface area contributed by atoms with Gasteiger partial charge in [0.05, 0.1) is 31.6 Å². The van der Waals surface area contributed by atoms with Gasteiger partial charge >= 0.3 is 0 Å². The minimum absolute atomic E-state index is 0.601. The van der Waals surface area contributed by atoms with Crippen molar-refractivity contribution >= 4 is 16.7 Å². The van der Waals surface area contributed by atoms with E-state index in [1.54, 1.807) is 14.2 Å². The summed E-state index contributed by atoms with van der Waals surface area (Å²) in [4.78, 5) is 4.65. The fourth-order valence-corrected chi connectivity index (χ4v) is 4.08. The highest BCUT2D eigenvalue weighted by Crippen LogP contribution is 2.33. The molecule has 1 N–H and O–H groups in total. The smallest absolute Gasteiger partial charge is 0.165 e. The average Bonchev–Trinajstić information content (AvgIpc) is 3.15. The lowest BCUT2D eigenvalue weighted by Crippen LogP contribution is -2.11. The van der Waals surface area contributed by atoms with Crippen molar-refractivity contribution in [3.63, 3.8) is 0 Å². The average molecular weight is 365 g/mol. The zero-order chi connectivity index (χ0) is 18.6. The van der Waals surface area contributed by atoms with Gasteiger partial charge in [0.25, 0.3) is 0 Å². The van der Waals surface area contributed by atoms with Gasteiger partial charge in [-0.05, 0) is 37.1 Å². The van der Waals surface area contributed by atoms with Crippen molar-refractivity contribution in [3.8, 4) is 11.5 Å². The third-order valence-corrected chi connectivity index (χ3v) is 5.51. The highest BCUT2D eigenvalue weighted by Gasteiger charge is 2.17. The quantitative estimate of drug-likeness (QED) is 0.654. The molecule has 3 aromatic rings. The van der Waals surface area contributed by atoms with Crippen molar-refractivity contribution in [2.75, 3.05) is 19.5 Å². The first-order valence-electron chi connectivity index (χ1n) is 9.70. The summed E-state index contributed by atoms with van der Waals surface area (Å²) < 4.78 is 13.3. The maximum Gasteiger partial charge on any atom is 0.165 e. The Morgan fingerprint density at radius 1 is 1.07 bits per heavy atom. The molecule has 1 aromatic heterocycles. The number of hydrogen-bond acceptors (Lipinski definition) is 4. The largest absolute Gasteiger partial charge is 0.493 e. The Morgan fingerprint density at radius 2 is 1.93 bits per heavy atom. The SMILES string of the molecule is COc1cccc(CNc2ccc3c(c2)ncn3C2CCCCC2)c1OC. The van der Waals surface area contributed by atoms with Crippen molar-refractivity contribution in [1.82, 2.24) is 9.55 Å². The van der Waals surface area contributed by atoms with Crippen LogP contribution in [0.25, 0.3) is 11.0 Å². The number of rotatable bonds is 6. The molecule has 1 aliphatic rings. The summed E-state index contributed by atoms with van der Waals surface area (Å²) in [7, 11) is 3.33. The van der Waals surface area contributed by atoms with Crippen molar-refractivity contribution in [2.24, 2.45) is 0 Å². The van der Waals surface area contributed by atoms with Crippen LogP contribution >= 0.6 is 0 Å². The van der Waals surface area contributed by atoms with E-state index in [9.17, 15) is 0 Å². The van der Waals surface area contributed by atoms with Crippen LogP contribution < -0.4 is 14.8 Å². The number of benzene rings is 2. The van der Waals surface area contributed by atoms with Crippen LogP contribution in [0.15, 0.2) is 42.7 Å². The fraction of sp³-hybridized carbons (Fsp3) is 0.409. The van der Waals surface area contributed by atoms with E-state index in [-0.39, 0.29) is 0 Å². The van der Waals surface area contributed by atoms with Crippen LogP contribution in [-0.2, 0) is 6.54 Å². The van der Waals surface area contributed by atoms with E-state index in [2.05, 4.69) is 33.1 Å². The highest BCUT2D eigenvalue weighted by atomic mass is 16.5. The van der Waals surface area contributed by atoms with E-state index in [0.717, 1.165) is 28.3 Å². The molecule has 0 atom stereocenters. The van der Waals surface area contributed by atoms with Gasteiger partial charge in [0.2, 0.25) is 0 Å². The Balaban J connectivity index is 1.52. The molecule has 0 spiro atoms. The van der Waals surface area contributed by atoms with E-state index in [1.165, 1.54) is 37.6 Å². The Bertz CT molecular complexity index is 913. The molecular weight excluding hydrogens is 338 g/mol. The monoisotopic (exact) mass is 365 g/mol. The highest BCUT2D eigenvalue weighted by molar-refractivity contribution is 5.79. The second-order valence-corrected chi connectivity index (χ2v) is 7.15. The molecule has 5 heteroatoms. The molecular formula is C22H27N3O2. The third kappa shape index (κ3) is 3.59. The first kappa shape index (κ1) is 17.7. The number of nitrogens with zero attached hydrogens (tertiary/aromatic N) is 2. The van der Waals surface area contributed by atoms with Crippen LogP contribution in [0.2, 0.25) is 0 Å². The summed E-state index contributed by atoms with van der Waals surface area (Å²) in [6.07, 6.45) is 8.56. The second-order valence-electron chi connectivity index (χ2n) is 7.15. The van der Waals surface area contributed by atoms with E-state index in [0.29, 0.717) is 12.6 Å². The first-order valence-corrected chi connectivity index (χ1v) is 9.70. The number of para-hydroxylation sites is 1. The summed E-state index contributed by atoms with van der Waals surface area (Å²) >= 11 is 0. The molecule has 0 radical (unpaired) electrons. The number of hydrogen-bond donors (Lipinski definition) is 1. The lowest BCUT2D eigenvalue weighted by molar-refractivity contribution is 0.352. The predicted molar refractivity (Wildman–Crippen MR) is 109 cm³/mol. The summed E-state index contributed by atoms with van der Waals surface area (Å²) in [5.74, 6) is 1.52. The van der Waals surface area contributed by atoms with Gasteiger partial charge in [0, 0.05) is 23.8 Å². The van der Waals surface area contributed by atoms with Gasteiger partial charge < -0.3 is 19.4 Å². The van der Waals surface area contributed by atoms with Crippen molar-refractivity contribution in [1.29, 1.82) is 0 Å². The molecule has 0 aliphatic heterocycles. The molecule has 0 unspecified atom stereocenters. The van der Waals surface area contributed by atoms with Crippen LogP contribution in [0.5, 0.6) is 11.5 Å². The number of imidazole rings is 1. The summed E-state index contributed by atoms with van der Waals surface area (Å²) in [6, 6.07) is 13.0. The minimum atomic E-state index is 0.601. The molecule has 1 aliphatic carbocycles. The van der Waals surface area contributed by atoms with E-state index >= 15 is 0 Å². The van der Waals surface area contributed by atoms with Gasteiger partial charge in [-0.25, -0.2) is 4.98 Å². The number of fused-ring (bicyclic) bond motifs is 1. The third-order valence-electron chi connectivity index (χ3n) is 5.51. The Hall–Kier alpha value is -2.69. The number of anilines is 1. The Kier molecular flexibility index (Phi) is 5.19. The summed E-state index contributed by atoms with van der Waals surface area (Å²) in [5, 5.41) is 3.48. The number of methoxy groups -OCH3 is 2. The lowest BCUT2D eigenvalue weighted by Gasteiger charge is -2.23. The molecule has 27 heavy (non-hydrogen) atoms. The summed E-state index contributed by atoms with van der Waals surface area (Å²) in [5.41, 5.74) is 4.39. The molecule has 1 saturated carbocycles. The predicted octanol–water partition coefficient (Wildman–Crippen LogP) is 5.17. The topological polar surface area (TPSA) is 48.3 Å². The Labute approximate surface area is 160 Å². The molecule has 5 nitrogen and oxygen atoms in total. The van der Waals surface area contributed by atoms with Gasteiger partial charge in [-0.1, -0.05) is 31.4 Å². The molecule has 0 bridgehead atoms.